The highest BCUT2D eigenvalue weighted by atomic mass is 35.5. The van der Waals surface area contributed by atoms with Crippen LogP contribution in [0, 0.1) is 0 Å². The molecule has 34 heavy (non-hydrogen) atoms. The van der Waals surface area contributed by atoms with Gasteiger partial charge in [0.25, 0.3) is 0 Å². The molecule has 1 N–H and O–H groups in total. The van der Waals surface area contributed by atoms with Crippen LogP contribution in [0.25, 0.3) is 5.69 Å². The topological polar surface area (TPSA) is 69.0 Å². The van der Waals surface area contributed by atoms with Crippen LogP contribution in [0.3, 0.4) is 0 Å². The molecule has 174 valence electrons. The fourth-order valence-corrected chi connectivity index (χ4v) is 5.07. The standard InChI is InChI=1S/C25H23ClN4O2S2/c1-32-15-23-28-29-25(30(23)20-7-3-2-4-8-20)34-17-24(31)27-21-9-5-6-10-22(21)33-16-18-11-13-19(26)14-12-18/h2-14H,15-17H2,1H3,(H,27,31). The van der Waals surface area contributed by atoms with Crippen molar-refractivity contribution in [2.24, 2.45) is 0 Å². The van der Waals surface area contributed by atoms with E-state index in [1.165, 1.54) is 11.8 Å². The van der Waals surface area contributed by atoms with Crippen molar-refractivity contribution in [3.8, 4) is 5.69 Å². The summed E-state index contributed by atoms with van der Waals surface area (Å²) in [5, 5.41) is 12.9. The largest absolute Gasteiger partial charge is 0.377 e. The first-order chi connectivity index (χ1) is 16.6. The Morgan fingerprint density at radius 1 is 0.971 bits per heavy atom. The SMILES string of the molecule is COCc1nnc(SCC(=O)Nc2ccccc2SCc2ccc(Cl)cc2)n1-c1ccccc1. The molecular weight excluding hydrogens is 488 g/mol. The van der Waals surface area contributed by atoms with Gasteiger partial charge in [-0.3, -0.25) is 9.36 Å². The number of nitrogens with one attached hydrogen (secondary N) is 1. The van der Waals surface area contributed by atoms with Gasteiger partial charge in [-0.15, -0.1) is 22.0 Å². The molecule has 0 saturated carbocycles. The predicted molar refractivity (Wildman–Crippen MR) is 139 cm³/mol. The molecule has 0 radical (unpaired) electrons. The molecule has 9 heteroatoms. The molecule has 1 heterocycles. The summed E-state index contributed by atoms with van der Waals surface area (Å²) in [6.45, 7) is 0.326. The number of ether oxygens (including phenoxy) is 1. The second kappa shape index (κ2) is 12.1. The monoisotopic (exact) mass is 510 g/mol. The number of thioether (sulfide) groups is 2. The Kier molecular flexibility index (Phi) is 8.65. The number of carbonyl (C=O) groups excluding carboxylic acids is 1. The van der Waals surface area contributed by atoms with Crippen LogP contribution in [0.5, 0.6) is 0 Å². The van der Waals surface area contributed by atoms with Crippen molar-refractivity contribution in [1.82, 2.24) is 14.8 Å². The quantitative estimate of drug-likeness (QED) is 0.260. The van der Waals surface area contributed by atoms with E-state index in [0.717, 1.165) is 32.6 Å². The summed E-state index contributed by atoms with van der Waals surface area (Å²) >= 11 is 8.98. The molecule has 0 aliphatic rings. The van der Waals surface area contributed by atoms with E-state index < -0.39 is 0 Å². The van der Waals surface area contributed by atoms with Gasteiger partial charge in [-0.2, -0.15) is 0 Å². The summed E-state index contributed by atoms with van der Waals surface area (Å²) in [6.07, 6.45) is 0. The number of carbonyl (C=O) groups is 1. The lowest BCUT2D eigenvalue weighted by Crippen LogP contribution is -2.15. The third-order valence-corrected chi connectivity index (χ3v) is 7.11. The van der Waals surface area contributed by atoms with E-state index in [0.29, 0.717) is 17.6 Å². The van der Waals surface area contributed by atoms with Gasteiger partial charge in [0.05, 0.1) is 11.4 Å². The Morgan fingerprint density at radius 3 is 2.47 bits per heavy atom. The number of aromatic nitrogens is 3. The summed E-state index contributed by atoms with van der Waals surface area (Å²) in [7, 11) is 1.62. The number of halogens is 1. The number of nitrogens with zero attached hydrogens (tertiary/aromatic N) is 3. The minimum atomic E-state index is -0.111. The predicted octanol–water partition coefficient (Wildman–Crippen LogP) is 6.09. The van der Waals surface area contributed by atoms with E-state index >= 15 is 0 Å². The van der Waals surface area contributed by atoms with Crippen LogP contribution in [-0.2, 0) is 21.9 Å². The van der Waals surface area contributed by atoms with Crippen LogP contribution >= 0.6 is 35.1 Å². The van der Waals surface area contributed by atoms with E-state index in [2.05, 4.69) is 15.5 Å². The maximum atomic E-state index is 12.8. The Hall–Kier alpha value is -2.78. The van der Waals surface area contributed by atoms with Crippen molar-refractivity contribution < 1.29 is 9.53 Å². The molecule has 0 aliphatic carbocycles. The average Bonchev–Trinajstić information content (AvgIpc) is 3.26. The van der Waals surface area contributed by atoms with Gasteiger partial charge in [0.1, 0.15) is 6.61 Å². The molecular formula is C25H23ClN4O2S2. The maximum absolute atomic E-state index is 12.8. The Bertz CT molecular complexity index is 1230. The van der Waals surface area contributed by atoms with Crippen LogP contribution in [0.1, 0.15) is 11.4 Å². The minimum absolute atomic E-state index is 0.111. The van der Waals surface area contributed by atoms with Crippen LogP contribution < -0.4 is 5.32 Å². The van der Waals surface area contributed by atoms with Gasteiger partial charge in [0.2, 0.25) is 5.91 Å². The average molecular weight is 511 g/mol. The smallest absolute Gasteiger partial charge is 0.234 e. The fourth-order valence-electron chi connectivity index (χ4n) is 3.21. The zero-order valence-electron chi connectivity index (χ0n) is 18.5. The lowest BCUT2D eigenvalue weighted by atomic mass is 10.2. The van der Waals surface area contributed by atoms with Crippen molar-refractivity contribution in [2.75, 3.05) is 18.2 Å². The van der Waals surface area contributed by atoms with Crippen molar-refractivity contribution >= 4 is 46.7 Å². The van der Waals surface area contributed by atoms with Crippen molar-refractivity contribution in [3.63, 3.8) is 0 Å². The van der Waals surface area contributed by atoms with Gasteiger partial charge in [-0.25, -0.2) is 0 Å². The maximum Gasteiger partial charge on any atom is 0.234 e. The van der Waals surface area contributed by atoms with Crippen molar-refractivity contribution in [2.45, 2.75) is 22.4 Å². The van der Waals surface area contributed by atoms with Gasteiger partial charge in [0.15, 0.2) is 11.0 Å². The molecule has 1 amide bonds. The van der Waals surface area contributed by atoms with Gasteiger partial charge < -0.3 is 10.1 Å². The van der Waals surface area contributed by atoms with Gasteiger partial charge >= 0.3 is 0 Å². The van der Waals surface area contributed by atoms with E-state index in [-0.39, 0.29) is 11.7 Å². The number of para-hydroxylation sites is 2. The molecule has 3 aromatic carbocycles. The summed E-state index contributed by atoms with van der Waals surface area (Å²) in [6, 6.07) is 25.4. The molecule has 6 nitrogen and oxygen atoms in total. The second-order valence-electron chi connectivity index (χ2n) is 7.25. The van der Waals surface area contributed by atoms with Crippen LogP contribution in [0.15, 0.2) is 88.9 Å². The number of methoxy groups -OCH3 is 1. The molecule has 1 aromatic heterocycles. The van der Waals surface area contributed by atoms with Crippen molar-refractivity contribution in [3.05, 3.63) is 95.3 Å². The molecule has 0 saturated heterocycles. The highest BCUT2D eigenvalue weighted by molar-refractivity contribution is 7.99. The number of hydrogen-bond acceptors (Lipinski definition) is 6. The molecule has 0 aliphatic heterocycles. The Balaban J connectivity index is 1.41. The highest BCUT2D eigenvalue weighted by Gasteiger charge is 2.16. The molecule has 0 unspecified atom stereocenters. The zero-order chi connectivity index (χ0) is 23.8. The third-order valence-electron chi connectivity index (χ3n) is 4.79. The normalized spacial score (nSPS) is 10.9. The van der Waals surface area contributed by atoms with Gasteiger partial charge in [0, 0.05) is 28.5 Å². The third kappa shape index (κ3) is 6.42. The molecule has 4 rings (SSSR count). The molecule has 0 bridgehead atoms. The second-order valence-corrected chi connectivity index (χ2v) is 9.65. The van der Waals surface area contributed by atoms with E-state index in [1.807, 2.05) is 83.4 Å². The number of hydrogen-bond donors (Lipinski definition) is 1. The zero-order valence-corrected chi connectivity index (χ0v) is 20.9. The Labute approximate surface area is 212 Å². The molecule has 4 aromatic rings. The summed E-state index contributed by atoms with van der Waals surface area (Å²) in [5.41, 5.74) is 2.88. The fraction of sp³-hybridized carbons (Fsp3) is 0.160. The number of amides is 1. The first-order valence-electron chi connectivity index (χ1n) is 10.5. The number of benzene rings is 3. The molecule has 0 atom stereocenters. The lowest BCUT2D eigenvalue weighted by molar-refractivity contribution is -0.113. The molecule has 0 fully saturated rings. The summed E-state index contributed by atoms with van der Waals surface area (Å²) in [5.74, 6) is 1.55. The summed E-state index contributed by atoms with van der Waals surface area (Å²) in [4.78, 5) is 13.8. The number of anilines is 1. The van der Waals surface area contributed by atoms with Crippen molar-refractivity contribution in [1.29, 1.82) is 0 Å². The van der Waals surface area contributed by atoms with E-state index in [9.17, 15) is 4.79 Å². The Morgan fingerprint density at radius 2 is 1.71 bits per heavy atom. The highest BCUT2D eigenvalue weighted by Crippen LogP contribution is 2.30. The van der Waals surface area contributed by atoms with Gasteiger partial charge in [-0.05, 0) is 42.0 Å². The molecule has 0 spiro atoms. The lowest BCUT2D eigenvalue weighted by Gasteiger charge is -2.12. The van der Waals surface area contributed by atoms with Crippen LogP contribution in [0.2, 0.25) is 5.02 Å². The van der Waals surface area contributed by atoms with Crippen LogP contribution in [-0.4, -0.2) is 33.5 Å². The number of rotatable bonds is 10. The van der Waals surface area contributed by atoms with E-state index in [1.54, 1.807) is 18.9 Å². The van der Waals surface area contributed by atoms with E-state index in [4.69, 9.17) is 16.3 Å². The van der Waals surface area contributed by atoms with Crippen LogP contribution in [0.4, 0.5) is 5.69 Å². The minimum Gasteiger partial charge on any atom is -0.377 e. The first-order valence-corrected chi connectivity index (χ1v) is 12.9. The summed E-state index contributed by atoms with van der Waals surface area (Å²) < 4.78 is 7.18. The van der Waals surface area contributed by atoms with Gasteiger partial charge in [-0.1, -0.05) is 65.8 Å². The first kappa shape index (κ1) is 24.3.